The predicted molar refractivity (Wildman–Crippen MR) is 207 cm³/mol. The molecular weight excluding hydrogens is 723 g/mol. The zero-order chi connectivity index (χ0) is 39.7. The number of nitriles is 1. The summed E-state index contributed by atoms with van der Waals surface area (Å²) in [6.07, 6.45) is -2.99. The lowest BCUT2D eigenvalue weighted by atomic mass is 9.80. The molecule has 13 nitrogen and oxygen atoms in total. The van der Waals surface area contributed by atoms with Gasteiger partial charge >= 0.3 is 6.03 Å². The highest BCUT2D eigenvalue weighted by Crippen LogP contribution is 2.50. The zero-order valence-corrected chi connectivity index (χ0v) is 33.8. The van der Waals surface area contributed by atoms with Crippen LogP contribution in [0.25, 0.3) is 0 Å². The van der Waals surface area contributed by atoms with Gasteiger partial charge in [-0.25, -0.2) is 9.46 Å². The van der Waals surface area contributed by atoms with E-state index >= 15 is 0 Å². The van der Waals surface area contributed by atoms with E-state index in [1.807, 2.05) is 78.9 Å². The van der Waals surface area contributed by atoms with Gasteiger partial charge in [-0.1, -0.05) is 54.6 Å². The Bertz CT molecular complexity index is 1680. The number of hydrogen-bond donors (Lipinski definition) is 0. The summed E-state index contributed by atoms with van der Waals surface area (Å²) in [4.78, 5) is 28.7. The van der Waals surface area contributed by atoms with Crippen LogP contribution in [0.2, 0.25) is 0 Å². The Morgan fingerprint density at radius 2 is 1.44 bits per heavy atom. The minimum atomic E-state index is -1.76. The van der Waals surface area contributed by atoms with E-state index in [2.05, 4.69) is 38.4 Å². The van der Waals surface area contributed by atoms with Crippen molar-refractivity contribution in [2.75, 3.05) is 48.1 Å². The van der Waals surface area contributed by atoms with Crippen LogP contribution in [0, 0.1) is 11.3 Å². The first kappa shape index (κ1) is 42.0. The molecule has 3 aromatic carbocycles. The number of imide groups is 1. The molecule has 5 rings (SSSR count). The number of amides is 3. The van der Waals surface area contributed by atoms with Crippen LogP contribution in [-0.4, -0.2) is 111 Å². The number of rotatable bonds is 18. The fraction of sp³-hybridized carbons (Fsp3) is 0.488. The molecule has 0 aliphatic carbocycles. The summed E-state index contributed by atoms with van der Waals surface area (Å²) in [5.41, 5.74) is 1.36. The van der Waals surface area contributed by atoms with Crippen molar-refractivity contribution >= 4 is 20.5 Å². The quantitative estimate of drug-likeness (QED) is 0.0777. The van der Waals surface area contributed by atoms with Gasteiger partial charge in [-0.2, -0.15) is 5.26 Å². The molecule has 2 saturated heterocycles. The molecule has 2 aliphatic rings. The highest BCUT2D eigenvalue weighted by molar-refractivity contribution is 7.44. The smallest absolute Gasteiger partial charge is 0.328 e. The Morgan fingerprint density at radius 3 is 1.95 bits per heavy atom. The molecule has 2 heterocycles. The third-order valence-electron chi connectivity index (χ3n) is 9.85. The van der Waals surface area contributed by atoms with Crippen LogP contribution in [0.15, 0.2) is 78.9 Å². The second-order valence-corrected chi connectivity index (χ2v) is 15.3. The van der Waals surface area contributed by atoms with E-state index in [0.29, 0.717) is 11.5 Å². The molecule has 1 unspecified atom stereocenters. The SMILES string of the molecule is COc1ccc(C(OC[C@H]2O[C@@H](N3CCC(=O)N(C)C3=O)[C@H](OC)[C@@H]2OP(OCCC#N)N(C(C)C)C(C)C)(c2ccccc2)c2ccc(OC)cc2)cc1. The third-order valence-corrected chi connectivity index (χ3v) is 12.0. The third kappa shape index (κ3) is 9.14. The summed E-state index contributed by atoms with van der Waals surface area (Å²) in [5, 5.41) is 9.36. The summed E-state index contributed by atoms with van der Waals surface area (Å²) in [7, 11) is 4.50. The molecule has 2 fully saturated rings. The van der Waals surface area contributed by atoms with Gasteiger partial charge in [0.25, 0.3) is 8.53 Å². The maximum Gasteiger partial charge on any atom is 0.328 e. The van der Waals surface area contributed by atoms with Crippen LogP contribution in [0.5, 0.6) is 11.5 Å². The molecule has 2 aliphatic heterocycles. The van der Waals surface area contributed by atoms with Gasteiger partial charge in [0.2, 0.25) is 5.91 Å². The van der Waals surface area contributed by atoms with Gasteiger partial charge in [-0.3, -0.25) is 14.6 Å². The Kier molecular flexibility index (Phi) is 14.6. The van der Waals surface area contributed by atoms with Crippen molar-refractivity contribution in [3.8, 4) is 17.6 Å². The predicted octanol–water partition coefficient (Wildman–Crippen LogP) is 6.70. The first-order valence-electron chi connectivity index (χ1n) is 18.5. The molecule has 0 spiro atoms. The molecule has 0 bridgehead atoms. The van der Waals surface area contributed by atoms with Gasteiger partial charge in [-0.15, -0.1) is 0 Å². The highest BCUT2D eigenvalue weighted by Gasteiger charge is 2.54. The van der Waals surface area contributed by atoms with Gasteiger partial charge in [0, 0.05) is 39.2 Å². The summed E-state index contributed by atoms with van der Waals surface area (Å²) in [6, 6.07) is 27.1. The van der Waals surface area contributed by atoms with E-state index in [9.17, 15) is 14.9 Å². The monoisotopic (exact) mass is 776 g/mol. The van der Waals surface area contributed by atoms with E-state index in [1.165, 1.54) is 11.9 Å². The number of carbonyl (C=O) groups is 2. The van der Waals surface area contributed by atoms with Crippen molar-refractivity contribution in [1.82, 2.24) is 14.5 Å². The van der Waals surface area contributed by atoms with E-state index in [4.69, 9.17) is 32.7 Å². The minimum Gasteiger partial charge on any atom is -0.497 e. The van der Waals surface area contributed by atoms with Gasteiger partial charge in [-0.05, 0) is 68.7 Å². The normalized spacial score (nSPS) is 21.1. The van der Waals surface area contributed by atoms with Crippen molar-refractivity contribution in [3.63, 3.8) is 0 Å². The van der Waals surface area contributed by atoms with Crippen LogP contribution in [0.1, 0.15) is 57.2 Å². The van der Waals surface area contributed by atoms with Gasteiger partial charge in [0.1, 0.15) is 35.4 Å². The van der Waals surface area contributed by atoms with E-state index < -0.39 is 44.7 Å². The fourth-order valence-corrected chi connectivity index (χ4v) is 8.93. The largest absolute Gasteiger partial charge is 0.497 e. The molecule has 5 atom stereocenters. The molecule has 14 heteroatoms. The molecule has 0 radical (unpaired) electrons. The number of nitrogens with zero attached hydrogens (tertiary/aromatic N) is 4. The van der Waals surface area contributed by atoms with Crippen LogP contribution < -0.4 is 9.47 Å². The van der Waals surface area contributed by atoms with Crippen molar-refractivity contribution in [2.45, 2.75) is 82.8 Å². The first-order chi connectivity index (χ1) is 26.5. The maximum atomic E-state index is 13.6. The standard InChI is InChI=1S/C41H53N4O9P/c1-28(2)45(29(3)4)55(52-26-12-24-42)54-37-35(53-39(38(37)50-8)44-25-23-36(46)43(5)40(44)47)27-51-41(30-13-10-9-11-14-30,31-15-19-33(48-6)20-16-31)32-17-21-34(49-7)22-18-32/h9-11,13-22,28-29,35,37-39H,12,23,25-27H2,1-8H3/t35-,37-,38-,39-,55?/m1/s1. The number of ether oxygens (including phenoxy) is 5. The Hall–Kier alpha value is -4.12. The van der Waals surface area contributed by atoms with Crippen LogP contribution in [-0.2, 0) is 33.7 Å². The molecule has 296 valence electrons. The zero-order valence-electron chi connectivity index (χ0n) is 32.9. The maximum absolute atomic E-state index is 13.6. The summed E-state index contributed by atoms with van der Waals surface area (Å²) >= 11 is 0. The lowest BCUT2D eigenvalue weighted by Gasteiger charge is -2.39. The minimum absolute atomic E-state index is 0.0183. The Balaban J connectivity index is 1.62. The summed E-state index contributed by atoms with van der Waals surface area (Å²) in [5.74, 6) is 1.11. The van der Waals surface area contributed by atoms with Crippen LogP contribution >= 0.6 is 8.53 Å². The topological polar surface area (TPSA) is 132 Å². The van der Waals surface area contributed by atoms with Crippen molar-refractivity contribution in [2.24, 2.45) is 0 Å². The fourth-order valence-electron chi connectivity index (χ4n) is 7.17. The molecule has 55 heavy (non-hydrogen) atoms. The van der Waals surface area contributed by atoms with Crippen molar-refractivity contribution in [3.05, 3.63) is 95.6 Å². The molecule has 0 aromatic heterocycles. The lowest BCUT2D eigenvalue weighted by molar-refractivity contribution is -0.138. The second-order valence-electron chi connectivity index (χ2n) is 13.9. The summed E-state index contributed by atoms with van der Waals surface area (Å²) < 4.78 is 46.7. The second kappa shape index (κ2) is 19.2. The van der Waals surface area contributed by atoms with E-state index in [1.54, 1.807) is 21.3 Å². The Morgan fingerprint density at radius 1 is 0.873 bits per heavy atom. The van der Waals surface area contributed by atoms with Crippen molar-refractivity contribution in [1.29, 1.82) is 5.26 Å². The molecular formula is C41H53N4O9P. The molecule has 3 amide bonds. The average Bonchev–Trinajstić information content (AvgIpc) is 3.54. The van der Waals surface area contributed by atoms with E-state index in [0.717, 1.165) is 21.6 Å². The number of carbonyl (C=O) groups excluding carboxylic acids is 2. The summed E-state index contributed by atoms with van der Waals surface area (Å²) in [6.45, 7) is 8.54. The number of methoxy groups -OCH3 is 3. The van der Waals surface area contributed by atoms with Crippen LogP contribution in [0.3, 0.4) is 0 Å². The van der Waals surface area contributed by atoms with Crippen molar-refractivity contribution < 1.29 is 42.3 Å². The van der Waals surface area contributed by atoms with Gasteiger partial charge in [0.15, 0.2) is 6.23 Å². The van der Waals surface area contributed by atoms with Crippen LogP contribution in [0.4, 0.5) is 4.79 Å². The van der Waals surface area contributed by atoms with Gasteiger partial charge < -0.3 is 32.7 Å². The first-order valence-corrected chi connectivity index (χ1v) is 19.6. The Labute approximate surface area is 325 Å². The van der Waals surface area contributed by atoms with Gasteiger partial charge in [0.05, 0.1) is 39.9 Å². The highest BCUT2D eigenvalue weighted by atomic mass is 31.2. The average molecular weight is 777 g/mol. The molecule has 3 aromatic rings. The van der Waals surface area contributed by atoms with E-state index in [-0.39, 0.29) is 50.6 Å². The number of urea groups is 1. The molecule has 0 saturated carbocycles. The lowest BCUT2D eigenvalue weighted by Crippen LogP contribution is -2.57. The molecule has 0 N–H and O–H groups in total. The number of benzene rings is 3. The number of hydrogen-bond acceptors (Lipinski definition) is 11.